The Balaban J connectivity index is 1.74. The lowest BCUT2D eigenvalue weighted by atomic mass is 10.2. The summed E-state index contributed by atoms with van der Waals surface area (Å²) in [5, 5.41) is 3.53. The summed E-state index contributed by atoms with van der Waals surface area (Å²) in [6, 6.07) is 0. The fraction of sp³-hybridized carbons (Fsp3) is 0.417. The molecule has 1 fully saturated rings. The highest BCUT2D eigenvalue weighted by atomic mass is 19.4. The zero-order valence-corrected chi connectivity index (χ0v) is 20.9. The highest BCUT2D eigenvalue weighted by Crippen LogP contribution is 2.35. The van der Waals surface area contributed by atoms with Gasteiger partial charge in [-0.05, 0) is 5.92 Å². The molecule has 0 saturated carbocycles. The molecule has 2 aromatic heterocycles. The van der Waals surface area contributed by atoms with E-state index in [-0.39, 0.29) is 31.0 Å². The second-order valence-electron chi connectivity index (χ2n) is 8.19. The number of carbonyl (C=O) groups is 2. The van der Waals surface area contributed by atoms with Crippen LogP contribution >= 0.6 is 0 Å². The number of fused-ring (bicyclic) bond motifs is 1. The molecule has 3 heterocycles. The lowest BCUT2D eigenvalue weighted by Gasteiger charge is -2.17. The molecule has 0 spiro atoms. The summed E-state index contributed by atoms with van der Waals surface area (Å²) in [5.41, 5.74) is 6.56. The Labute approximate surface area is 228 Å². The molecular weight excluding hydrogens is 566 g/mol. The molecule has 220 valence electrons. The Morgan fingerprint density at radius 3 is 2.44 bits per heavy atom. The van der Waals surface area contributed by atoms with E-state index in [1.807, 2.05) is 0 Å². The molecule has 0 aromatic carbocycles. The van der Waals surface area contributed by atoms with Crippen molar-refractivity contribution in [1.29, 1.82) is 0 Å². The fourth-order valence-corrected chi connectivity index (χ4v) is 3.61. The van der Waals surface area contributed by atoms with Crippen LogP contribution in [0.3, 0.4) is 0 Å². The molecule has 11 nitrogen and oxygen atoms in total. The van der Waals surface area contributed by atoms with Crippen LogP contribution in [0, 0.1) is 23.9 Å². The van der Waals surface area contributed by atoms with Crippen LogP contribution in [0.15, 0.2) is 25.2 Å². The van der Waals surface area contributed by atoms with E-state index in [0.29, 0.717) is 11.0 Å². The van der Waals surface area contributed by atoms with Gasteiger partial charge in [-0.1, -0.05) is 17.9 Å². The smallest absolute Gasteiger partial charge is 0.444 e. The summed E-state index contributed by atoms with van der Waals surface area (Å²) in [7, 11) is 0. The molecule has 1 aliphatic rings. The number of aromatic nitrogens is 3. The molecule has 1 unspecified atom stereocenters. The van der Waals surface area contributed by atoms with Crippen molar-refractivity contribution in [3.05, 3.63) is 30.7 Å². The molecule has 2 amide bonds. The van der Waals surface area contributed by atoms with Crippen LogP contribution in [0.1, 0.15) is 18.2 Å². The van der Waals surface area contributed by atoms with E-state index in [1.54, 1.807) is 15.2 Å². The predicted molar refractivity (Wildman–Crippen MR) is 129 cm³/mol. The van der Waals surface area contributed by atoms with Crippen molar-refractivity contribution >= 4 is 28.7 Å². The number of alkyl halides is 6. The molecule has 17 heteroatoms. The van der Waals surface area contributed by atoms with Gasteiger partial charge in [0.2, 0.25) is 0 Å². The van der Waals surface area contributed by atoms with Crippen molar-refractivity contribution in [3.63, 3.8) is 0 Å². The maximum Gasteiger partial charge on any atom is 0.471 e. The summed E-state index contributed by atoms with van der Waals surface area (Å²) in [6.45, 7) is 2.42. The Bertz CT molecular complexity index is 1400. The van der Waals surface area contributed by atoms with Crippen LogP contribution in [0.25, 0.3) is 11.0 Å². The third kappa shape index (κ3) is 8.26. The minimum atomic E-state index is -5.05. The number of rotatable bonds is 8. The molecule has 3 atom stereocenters. The lowest BCUT2D eigenvalue weighted by Crippen LogP contribution is -2.36. The minimum Gasteiger partial charge on any atom is -0.444 e. The van der Waals surface area contributed by atoms with Crippen LogP contribution in [0.2, 0.25) is 0 Å². The third-order valence-corrected chi connectivity index (χ3v) is 5.36. The average Bonchev–Trinajstić information content (AvgIpc) is 3.47. The van der Waals surface area contributed by atoms with Crippen molar-refractivity contribution in [2.45, 2.75) is 37.2 Å². The van der Waals surface area contributed by atoms with E-state index in [9.17, 15) is 35.9 Å². The largest absolute Gasteiger partial charge is 0.471 e. The molecule has 0 bridgehead atoms. The number of nitrogen functional groups attached to an aromatic ring is 1. The first-order valence-electron chi connectivity index (χ1n) is 11.6. The predicted octanol–water partition coefficient (Wildman–Crippen LogP) is 1.56. The average molecular weight is 588 g/mol. The van der Waals surface area contributed by atoms with E-state index >= 15 is 0 Å². The van der Waals surface area contributed by atoms with Gasteiger partial charge in [0.15, 0.2) is 0 Å². The zero-order chi connectivity index (χ0) is 30.2. The first-order valence-corrected chi connectivity index (χ1v) is 11.6. The Hall–Kier alpha value is -4.48. The van der Waals surface area contributed by atoms with Gasteiger partial charge in [0.05, 0.1) is 36.8 Å². The summed E-state index contributed by atoms with van der Waals surface area (Å²) in [6.07, 6.45) is -5.37. The second kappa shape index (κ2) is 13.2. The molecule has 0 radical (unpaired) electrons. The molecule has 1 aliphatic heterocycles. The summed E-state index contributed by atoms with van der Waals surface area (Å²) in [4.78, 5) is 29.9. The molecule has 41 heavy (non-hydrogen) atoms. The van der Waals surface area contributed by atoms with Crippen molar-refractivity contribution in [2.75, 3.05) is 32.0 Å². The fourth-order valence-electron chi connectivity index (χ4n) is 3.61. The van der Waals surface area contributed by atoms with Crippen LogP contribution in [0.4, 0.5) is 32.2 Å². The maximum absolute atomic E-state index is 12.4. The number of ether oxygens (including phenoxy) is 3. The topological polar surface area (TPSA) is 143 Å². The van der Waals surface area contributed by atoms with Gasteiger partial charge in [0.25, 0.3) is 0 Å². The van der Waals surface area contributed by atoms with Gasteiger partial charge in [0.1, 0.15) is 42.8 Å². The number of hydrogen-bond donors (Lipinski definition) is 3. The van der Waals surface area contributed by atoms with Gasteiger partial charge in [-0.15, -0.1) is 6.58 Å². The normalized spacial score (nSPS) is 18.5. The van der Waals surface area contributed by atoms with E-state index in [4.69, 9.17) is 19.9 Å². The van der Waals surface area contributed by atoms with E-state index in [0.717, 1.165) is 0 Å². The van der Waals surface area contributed by atoms with Gasteiger partial charge in [-0.25, -0.2) is 9.97 Å². The highest BCUT2D eigenvalue weighted by Gasteiger charge is 2.40. The van der Waals surface area contributed by atoms with Crippen molar-refractivity contribution in [3.8, 4) is 23.9 Å². The summed E-state index contributed by atoms with van der Waals surface area (Å²) >= 11 is 0. The van der Waals surface area contributed by atoms with E-state index < -0.39 is 55.7 Å². The highest BCUT2D eigenvalue weighted by molar-refractivity contribution is 5.92. The third-order valence-electron chi connectivity index (χ3n) is 5.36. The van der Waals surface area contributed by atoms with Gasteiger partial charge in [-0.2, -0.15) is 26.3 Å². The first-order chi connectivity index (χ1) is 19.3. The van der Waals surface area contributed by atoms with Gasteiger partial charge in [-0.3, -0.25) is 9.59 Å². The van der Waals surface area contributed by atoms with Crippen LogP contribution in [-0.2, 0) is 23.8 Å². The van der Waals surface area contributed by atoms with Crippen molar-refractivity contribution in [2.24, 2.45) is 0 Å². The number of halogens is 6. The molecule has 4 N–H and O–H groups in total. The van der Waals surface area contributed by atoms with Gasteiger partial charge < -0.3 is 35.1 Å². The van der Waals surface area contributed by atoms with Gasteiger partial charge in [0, 0.05) is 12.6 Å². The molecule has 1 saturated heterocycles. The SMILES string of the molecule is C=CCOC1C[C@H](n2cc(C#CCNC(=O)C(F)(F)F)c3c(N)ncnc32)O[C@@H]1COC#CCNC(=O)C(F)(F)F. The molecule has 2 aromatic rings. The number of carbonyl (C=O) groups excluding carboxylic acids is 2. The Kier molecular flexibility index (Phi) is 10.0. The second-order valence-corrected chi connectivity index (χ2v) is 8.19. The monoisotopic (exact) mass is 588 g/mol. The van der Waals surface area contributed by atoms with Gasteiger partial charge >= 0.3 is 24.2 Å². The quantitative estimate of drug-likeness (QED) is 0.240. The number of amides is 2. The summed E-state index contributed by atoms with van der Waals surface area (Å²) in [5.74, 6) is 3.08. The number of anilines is 1. The molecular formula is C24H22F6N6O5. The van der Waals surface area contributed by atoms with Crippen molar-refractivity contribution < 1.29 is 50.1 Å². The van der Waals surface area contributed by atoms with Crippen LogP contribution < -0.4 is 16.4 Å². The number of nitrogens with zero attached hydrogens (tertiary/aromatic N) is 3. The number of hydrogen-bond acceptors (Lipinski definition) is 8. The Morgan fingerprint density at radius 1 is 1.15 bits per heavy atom. The van der Waals surface area contributed by atoms with Crippen molar-refractivity contribution in [1.82, 2.24) is 25.2 Å². The van der Waals surface area contributed by atoms with Crippen LogP contribution in [0.5, 0.6) is 0 Å². The maximum atomic E-state index is 12.4. The zero-order valence-electron chi connectivity index (χ0n) is 20.9. The van der Waals surface area contributed by atoms with E-state index in [1.165, 1.54) is 18.6 Å². The minimum absolute atomic E-state index is 0.0441. The number of nitrogens with two attached hydrogens (primary N) is 1. The standard InChI is InChI=1S/C24H22F6N6O5/c1-2-8-40-15-10-17(41-16(15)12-39-9-4-7-33-22(38)24(28,29)30)36-11-14(18-19(31)34-13-35-20(18)36)5-3-6-32-21(37)23(25,26)27/h2,11,13,15-17H,1,6-8,10,12H2,(H,32,37)(H,33,38)(H2,31,34,35)/t15?,16-,17-/m1/s1. The Morgan fingerprint density at radius 2 is 1.80 bits per heavy atom. The lowest BCUT2D eigenvalue weighted by molar-refractivity contribution is -0.173. The first kappa shape index (κ1) is 31.1. The number of nitrogens with one attached hydrogen (secondary N) is 2. The summed E-state index contributed by atoms with van der Waals surface area (Å²) < 4.78 is 92.4. The molecule has 0 aliphatic carbocycles. The van der Waals surface area contributed by atoms with Crippen LogP contribution in [-0.4, -0.2) is 77.2 Å². The molecule has 3 rings (SSSR count). The van der Waals surface area contributed by atoms with E-state index in [2.05, 4.69) is 40.4 Å².